The van der Waals surface area contributed by atoms with Crippen LogP contribution in [0.5, 0.6) is 5.75 Å². The highest BCUT2D eigenvalue weighted by Gasteiger charge is 2.29. The summed E-state index contributed by atoms with van der Waals surface area (Å²) >= 11 is 0. The zero-order chi connectivity index (χ0) is 17.2. The monoisotopic (exact) mass is 319 g/mol. The highest BCUT2D eigenvalue weighted by Crippen LogP contribution is 2.27. The number of hydrogen-bond donors (Lipinski definition) is 2. The van der Waals surface area contributed by atoms with E-state index in [9.17, 15) is 13.6 Å². The fraction of sp³-hybridized carbons (Fsp3) is 0.278. The highest BCUT2D eigenvalue weighted by atomic mass is 19.1. The van der Waals surface area contributed by atoms with Crippen molar-refractivity contribution in [2.24, 2.45) is 0 Å². The lowest BCUT2D eigenvalue weighted by Gasteiger charge is -2.33. The molecular weight excluding hydrogens is 300 g/mol. The van der Waals surface area contributed by atoms with Gasteiger partial charge in [-0.2, -0.15) is 0 Å². The van der Waals surface area contributed by atoms with Crippen LogP contribution in [0.1, 0.15) is 36.7 Å². The summed E-state index contributed by atoms with van der Waals surface area (Å²) in [6, 6.07) is 11.0. The molecule has 0 aliphatic heterocycles. The van der Waals surface area contributed by atoms with Gasteiger partial charge in [-0.25, -0.2) is 8.78 Å². The Morgan fingerprint density at radius 2 is 1.65 bits per heavy atom. The molecule has 0 saturated heterocycles. The minimum atomic E-state index is -1.16. The summed E-state index contributed by atoms with van der Waals surface area (Å²) in [5.74, 6) is -4.01. The zero-order valence-electron chi connectivity index (χ0n) is 13.2. The Kier molecular flexibility index (Phi) is 4.68. The molecule has 122 valence electrons. The summed E-state index contributed by atoms with van der Waals surface area (Å²) in [4.78, 5) is 12.2. The van der Waals surface area contributed by atoms with E-state index < -0.39 is 23.3 Å². The van der Waals surface area contributed by atoms with Crippen molar-refractivity contribution in [3.05, 3.63) is 65.2 Å². The highest BCUT2D eigenvalue weighted by molar-refractivity contribution is 5.94. The number of hydrogen-bond acceptors (Lipinski definition) is 2. The number of rotatable bonds is 4. The van der Waals surface area contributed by atoms with Gasteiger partial charge in [0.2, 0.25) is 0 Å². The van der Waals surface area contributed by atoms with Gasteiger partial charge in [-0.1, -0.05) is 44.2 Å². The molecule has 2 rings (SSSR count). The van der Waals surface area contributed by atoms with E-state index in [1.54, 1.807) is 0 Å². The second kappa shape index (κ2) is 6.36. The lowest BCUT2D eigenvalue weighted by atomic mass is 9.78. The number of phenolic OH excluding ortho intramolecular Hbond substituents is 1. The van der Waals surface area contributed by atoms with Gasteiger partial charge in [0.25, 0.3) is 5.91 Å². The quantitative estimate of drug-likeness (QED) is 0.901. The summed E-state index contributed by atoms with van der Waals surface area (Å²) in [7, 11) is 0. The smallest absolute Gasteiger partial charge is 0.251 e. The number of carbonyl (C=O) groups is 1. The molecule has 1 atom stereocenters. The van der Waals surface area contributed by atoms with Gasteiger partial charge in [-0.15, -0.1) is 0 Å². The minimum Gasteiger partial charge on any atom is -0.503 e. The molecule has 1 amide bonds. The fourth-order valence-corrected chi connectivity index (χ4v) is 2.27. The van der Waals surface area contributed by atoms with Crippen LogP contribution in [0.4, 0.5) is 8.78 Å². The van der Waals surface area contributed by atoms with Crippen LogP contribution in [0.15, 0.2) is 42.5 Å². The van der Waals surface area contributed by atoms with E-state index in [0.29, 0.717) is 0 Å². The molecule has 2 N–H and O–H groups in total. The van der Waals surface area contributed by atoms with E-state index in [1.807, 2.05) is 51.1 Å². The van der Waals surface area contributed by atoms with Gasteiger partial charge in [-0.05, 0) is 24.6 Å². The van der Waals surface area contributed by atoms with Crippen molar-refractivity contribution in [2.45, 2.75) is 32.2 Å². The molecule has 5 heteroatoms. The van der Waals surface area contributed by atoms with Crippen LogP contribution in [0, 0.1) is 11.6 Å². The molecule has 0 bridgehead atoms. The lowest BCUT2D eigenvalue weighted by Crippen LogP contribution is -2.45. The van der Waals surface area contributed by atoms with E-state index in [4.69, 9.17) is 5.11 Å². The first-order valence-electron chi connectivity index (χ1n) is 7.28. The van der Waals surface area contributed by atoms with Crippen LogP contribution in [0.3, 0.4) is 0 Å². The molecule has 0 spiro atoms. The first-order valence-corrected chi connectivity index (χ1v) is 7.28. The fourth-order valence-electron chi connectivity index (χ4n) is 2.27. The Morgan fingerprint density at radius 3 is 2.17 bits per heavy atom. The van der Waals surface area contributed by atoms with E-state index in [2.05, 4.69) is 5.32 Å². The number of benzene rings is 2. The summed E-state index contributed by atoms with van der Waals surface area (Å²) < 4.78 is 26.7. The average molecular weight is 319 g/mol. The molecule has 2 aromatic rings. The Balaban J connectivity index is 2.20. The van der Waals surface area contributed by atoms with E-state index >= 15 is 0 Å². The second-order valence-corrected chi connectivity index (χ2v) is 6.07. The first-order chi connectivity index (χ1) is 10.7. The van der Waals surface area contributed by atoms with Crippen LogP contribution >= 0.6 is 0 Å². The molecule has 2 aromatic carbocycles. The Bertz CT molecular complexity index is 691. The van der Waals surface area contributed by atoms with Crippen molar-refractivity contribution in [1.82, 2.24) is 5.32 Å². The lowest BCUT2D eigenvalue weighted by molar-refractivity contribution is 0.0923. The van der Waals surface area contributed by atoms with Gasteiger partial charge in [-0.3, -0.25) is 4.79 Å². The molecule has 0 saturated carbocycles. The molecule has 1 unspecified atom stereocenters. The molecule has 0 aromatic heterocycles. The summed E-state index contributed by atoms with van der Waals surface area (Å²) in [5.41, 5.74) is 0.495. The first kappa shape index (κ1) is 16.9. The normalized spacial score (nSPS) is 12.7. The van der Waals surface area contributed by atoms with Gasteiger partial charge in [0.1, 0.15) is 0 Å². The van der Waals surface area contributed by atoms with Crippen LogP contribution in [-0.4, -0.2) is 17.1 Å². The minimum absolute atomic E-state index is 0.173. The molecule has 0 aliphatic rings. The SMILES string of the molecule is CC(NC(=O)c1cc(F)c(O)c(F)c1)C(C)(C)c1ccccc1. The number of amides is 1. The van der Waals surface area contributed by atoms with Gasteiger partial charge in [0.15, 0.2) is 17.4 Å². The van der Waals surface area contributed by atoms with Crippen molar-refractivity contribution in [2.75, 3.05) is 0 Å². The summed E-state index contributed by atoms with van der Waals surface area (Å²) in [6.07, 6.45) is 0. The van der Waals surface area contributed by atoms with Crippen LogP contribution in [0.2, 0.25) is 0 Å². The number of phenols is 1. The molecular formula is C18H19F2NO2. The predicted molar refractivity (Wildman–Crippen MR) is 84.4 cm³/mol. The third-order valence-electron chi connectivity index (χ3n) is 4.23. The van der Waals surface area contributed by atoms with Crippen molar-refractivity contribution >= 4 is 5.91 Å². The van der Waals surface area contributed by atoms with Gasteiger partial charge < -0.3 is 10.4 Å². The maximum Gasteiger partial charge on any atom is 0.251 e. The summed E-state index contributed by atoms with van der Waals surface area (Å²) in [6.45, 7) is 5.79. The summed E-state index contributed by atoms with van der Waals surface area (Å²) in [5, 5.41) is 11.8. The zero-order valence-corrected chi connectivity index (χ0v) is 13.2. The van der Waals surface area contributed by atoms with Gasteiger partial charge in [0.05, 0.1) is 0 Å². The van der Waals surface area contributed by atoms with Crippen molar-refractivity contribution in [3.63, 3.8) is 0 Å². The standard InChI is InChI=1S/C18H19F2NO2/c1-11(18(2,3)13-7-5-4-6-8-13)21-17(23)12-9-14(19)16(22)15(20)10-12/h4-11,22H,1-3H3,(H,21,23). The Labute approximate surface area is 134 Å². The van der Waals surface area contributed by atoms with Crippen molar-refractivity contribution in [1.29, 1.82) is 0 Å². The Morgan fingerprint density at radius 1 is 1.13 bits per heavy atom. The average Bonchev–Trinajstić information content (AvgIpc) is 2.52. The predicted octanol–water partition coefficient (Wildman–Crippen LogP) is 3.77. The molecule has 23 heavy (non-hydrogen) atoms. The molecule has 0 heterocycles. The van der Waals surface area contributed by atoms with Gasteiger partial charge >= 0.3 is 0 Å². The van der Waals surface area contributed by atoms with Crippen molar-refractivity contribution < 1.29 is 18.7 Å². The van der Waals surface area contributed by atoms with E-state index in [1.165, 1.54) is 0 Å². The molecule has 3 nitrogen and oxygen atoms in total. The number of nitrogens with one attached hydrogen (secondary N) is 1. The topological polar surface area (TPSA) is 49.3 Å². The second-order valence-electron chi connectivity index (χ2n) is 6.07. The number of carbonyl (C=O) groups excluding carboxylic acids is 1. The van der Waals surface area contributed by atoms with Crippen LogP contribution < -0.4 is 5.32 Å². The third kappa shape index (κ3) is 3.50. The molecule has 0 fully saturated rings. The number of aromatic hydroxyl groups is 1. The van der Waals surface area contributed by atoms with E-state index in [0.717, 1.165) is 17.7 Å². The third-order valence-corrected chi connectivity index (χ3v) is 4.23. The molecule has 0 radical (unpaired) electrons. The largest absolute Gasteiger partial charge is 0.503 e. The van der Waals surface area contributed by atoms with E-state index in [-0.39, 0.29) is 17.0 Å². The van der Waals surface area contributed by atoms with Gasteiger partial charge in [0, 0.05) is 17.0 Å². The number of halogens is 2. The van der Waals surface area contributed by atoms with Crippen molar-refractivity contribution in [3.8, 4) is 5.75 Å². The molecule has 0 aliphatic carbocycles. The van der Waals surface area contributed by atoms with Crippen LogP contribution in [0.25, 0.3) is 0 Å². The Hall–Kier alpha value is -2.43. The van der Waals surface area contributed by atoms with Crippen LogP contribution in [-0.2, 0) is 5.41 Å². The maximum atomic E-state index is 13.4. The maximum absolute atomic E-state index is 13.4.